The van der Waals surface area contributed by atoms with Crippen molar-refractivity contribution in [3.63, 3.8) is 0 Å². The number of hydrogen-bond donors (Lipinski definition) is 1. The van der Waals surface area contributed by atoms with Crippen molar-refractivity contribution in [2.24, 2.45) is 5.10 Å². The number of nitrogens with zero attached hydrogens (tertiary/aromatic N) is 2. The van der Waals surface area contributed by atoms with Crippen LogP contribution in [0.3, 0.4) is 0 Å². The molecule has 3 aromatic carbocycles. The Balaban J connectivity index is 1.40. The predicted octanol–water partition coefficient (Wildman–Crippen LogP) is 4.82. The monoisotopic (exact) mass is 424 g/mol. The number of aryl methyl sites for hydroxylation is 1. The molecule has 1 amide bonds. The second-order valence-corrected chi connectivity index (χ2v) is 8.58. The zero-order chi connectivity index (χ0) is 21.8. The molecular formula is C27H21FN2O2. The van der Waals surface area contributed by atoms with Gasteiger partial charge in [-0.3, -0.25) is 4.79 Å². The number of para-hydroxylation sites is 1. The quantitative estimate of drug-likeness (QED) is 0.655. The minimum atomic E-state index is -0.477. The average Bonchev–Trinajstić information content (AvgIpc) is 3.34. The number of rotatable bonds is 3. The third-order valence-electron chi connectivity index (χ3n) is 6.65. The molecule has 6 rings (SSSR count). The maximum Gasteiger partial charge on any atom is 0.280 e. The zero-order valence-electron chi connectivity index (χ0n) is 17.3. The van der Waals surface area contributed by atoms with Crippen molar-refractivity contribution in [3.8, 4) is 0 Å². The molecule has 3 aromatic rings. The van der Waals surface area contributed by atoms with Crippen molar-refractivity contribution in [1.82, 2.24) is 0 Å². The van der Waals surface area contributed by atoms with Crippen LogP contribution in [0.5, 0.6) is 0 Å². The molecule has 2 unspecified atom stereocenters. The fourth-order valence-corrected chi connectivity index (χ4v) is 5.08. The second kappa shape index (κ2) is 7.24. The molecule has 0 radical (unpaired) electrons. The van der Waals surface area contributed by atoms with Crippen LogP contribution in [0.25, 0.3) is 0 Å². The molecule has 0 bridgehead atoms. The topological polar surface area (TPSA) is 52.9 Å². The third-order valence-corrected chi connectivity index (χ3v) is 6.65. The SMILES string of the molecule is O=C1C2=CC(Cc3ccc4c(c3)CCC4O)c3ccccc3C2=NN1c1ccccc1F. The van der Waals surface area contributed by atoms with Gasteiger partial charge in [0.05, 0.1) is 11.7 Å². The van der Waals surface area contributed by atoms with E-state index in [0.29, 0.717) is 11.3 Å². The maximum absolute atomic E-state index is 14.4. The van der Waals surface area contributed by atoms with Gasteiger partial charge in [0, 0.05) is 11.5 Å². The standard InChI is InChI=1S/C27H21FN2O2/c28-23-7-3-4-8-24(23)30-27(32)22-15-18(19-5-1-2-6-21(19)26(22)29-30)14-16-9-11-20-17(13-16)10-12-25(20)31/h1-9,11,13,15,18,25,31H,10,12,14H2. The summed E-state index contributed by atoms with van der Waals surface area (Å²) in [7, 11) is 0. The van der Waals surface area contributed by atoms with Crippen LogP contribution in [0, 0.1) is 5.82 Å². The van der Waals surface area contributed by atoms with Gasteiger partial charge >= 0.3 is 0 Å². The Kier molecular flexibility index (Phi) is 4.33. The lowest BCUT2D eigenvalue weighted by Crippen LogP contribution is -2.24. The Morgan fingerprint density at radius 3 is 2.72 bits per heavy atom. The molecule has 0 saturated heterocycles. The van der Waals surface area contributed by atoms with Crippen LogP contribution in [0.1, 0.15) is 46.3 Å². The summed E-state index contributed by atoms with van der Waals surface area (Å²) in [5, 5.41) is 15.8. The van der Waals surface area contributed by atoms with Crippen molar-refractivity contribution >= 4 is 17.3 Å². The van der Waals surface area contributed by atoms with Crippen molar-refractivity contribution in [2.75, 3.05) is 5.01 Å². The second-order valence-electron chi connectivity index (χ2n) is 8.58. The molecule has 4 nitrogen and oxygen atoms in total. The van der Waals surface area contributed by atoms with E-state index in [1.165, 1.54) is 22.2 Å². The van der Waals surface area contributed by atoms with E-state index in [1.54, 1.807) is 18.2 Å². The number of fused-ring (bicyclic) bond motifs is 4. The van der Waals surface area contributed by atoms with Crippen molar-refractivity contribution in [1.29, 1.82) is 0 Å². The summed E-state index contributed by atoms with van der Waals surface area (Å²) in [4.78, 5) is 13.2. The van der Waals surface area contributed by atoms with Crippen LogP contribution >= 0.6 is 0 Å². The van der Waals surface area contributed by atoms with Gasteiger partial charge in [-0.25, -0.2) is 4.39 Å². The minimum Gasteiger partial charge on any atom is -0.388 e. The lowest BCUT2D eigenvalue weighted by atomic mass is 9.80. The van der Waals surface area contributed by atoms with Crippen molar-refractivity contribution in [3.05, 3.63) is 112 Å². The Morgan fingerprint density at radius 2 is 1.84 bits per heavy atom. The molecule has 0 spiro atoms. The number of allylic oxidation sites excluding steroid dienone is 1. The number of amides is 1. The van der Waals surface area contributed by atoms with Crippen LogP contribution in [0.4, 0.5) is 10.1 Å². The highest BCUT2D eigenvalue weighted by atomic mass is 19.1. The fourth-order valence-electron chi connectivity index (χ4n) is 5.08. The highest BCUT2D eigenvalue weighted by Gasteiger charge is 2.38. The lowest BCUT2D eigenvalue weighted by Gasteiger charge is -2.23. The van der Waals surface area contributed by atoms with E-state index in [-0.39, 0.29) is 23.6 Å². The van der Waals surface area contributed by atoms with E-state index in [4.69, 9.17) is 0 Å². The van der Waals surface area contributed by atoms with Gasteiger partial charge < -0.3 is 5.11 Å². The van der Waals surface area contributed by atoms with Crippen LogP contribution in [0.15, 0.2) is 83.5 Å². The van der Waals surface area contributed by atoms with Crippen LogP contribution in [0.2, 0.25) is 0 Å². The molecule has 3 aliphatic rings. The molecule has 158 valence electrons. The van der Waals surface area contributed by atoms with E-state index in [1.807, 2.05) is 30.3 Å². The van der Waals surface area contributed by atoms with E-state index in [2.05, 4.69) is 23.3 Å². The normalized spacial score (nSPS) is 21.1. The number of hydrazone groups is 1. The van der Waals surface area contributed by atoms with Gasteiger partial charge in [0.2, 0.25) is 0 Å². The number of carbonyl (C=O) groups is 1. The summed E-state index contributed by atoms with van der Waals surface area (Å²) < 4.78 is 14.4. The molecule has 32 heavy (non-hydrogen) atoms. The minimum absolute atomic E-state index is 0.00838. The summed E-state index contributed by atoms with van der Waals surface area (Å²) in [6.45, 7) is 0. The predicted molar refractivity (Wildman–Crippen MR) is 121 cm³/mol. The molecule has 0 fully saturated rings. The molecule has 1 heterocycles. The van der Waals surface area contributed by atoms with Crippen LogP contribution in [-0.2, 0) is 17.6 Å². The van der Waals surface area contributed by atoms with Gasteiger partial charge in [0.1, 0.15) is 17.2 Å². The summed E-state index contributed by atoms with van der Waals surface area (Å²) in [5.74, 6) is -0.773. The van der Waals surface area contributed by atoms with Crippen molar-refractivity contribution in [2.45, 2.75) is 31.3 Å². The van der Waals surface area contributed by atoms with Crippen LogP contribution in [-0.4, -0.2) is 16.7 Å². The number of hydrogen-bond acceptors (Lipinski definition) is 3. The van der Waals surface area contributed by atoms with Crippen LogP contribution < -0.4 is 5.01 Å². The molecule has 1 aliphatic heterocycles. The largest absolute Gasteiger partial charge is 0.388 e. The van der Waals surface area contributed by atoms with E-state index < -0.39 is 5.82 Å². The first-order chi connectivity index (χ1) is 15.6. The summed E-state index contributed by atoms with van der Waals surface area (Å²) in [6, 6.07) is 20.5. The summed E-state index contributed by atoms with van der Waals surface area (Å²) in [6.07, 6.45) is 4.02. The molecular weight excluding hydrogens is 403 g/mol. The summed E-state index contributed by atoms with van der Waals surface area (Å²) in [5.41, 5.74) is 6.71. The first kappa shape index (κ1) is 19.1. The first-order valence-corrected chi connectivity index (χ1v) is 10.9. The number of carbonyl (C=O) groups excluding carboxylic acids is 1. The smallest absolute Gasteiger partial charge is 0.280 e. The summed E-state index contributed by atoms with van der Waals surface area (Å²) >= 11 is 0. The highest BCUT2D eigenvalue weighted by molar-refractivity contribution is 6.36. The number of aliphatic hydroxyl groups is 1. The van der Waals surface area contributed by atoms with Gasteiger partial charge in [-0.15, -0.1) is 0 Å². The fraction of sp³-hybridized carbons (Fsp3) is 0.185. The van der Waals surface area contributed by atoms with Gasteiger partial charge in [0.25, 0.3) is 5.91 Å². The van der Waals surface area contributed by atoms with Gasteiger partial charge in [0.15, 0.2) is 0 Å². The lowest BCUT2D eigenvalue weighted by molar-refractivity contribution is -0.114. The molecule has 5 heteroatoms. The van der Waals surface area contributed by atoms with Gasteiger partial charge in [-0.2, -0.15) is 10.1 Å². The average molecular weight is 424 g/mol. The van der Waals surface area contributed by atoms with Crippen molar-refractivity contribution < 1.29 is 14.3 Å². The Bertz CT molecular complexity index is 1330. The number of aliphatic hydroxyl groups excluding tert-OH is 1. The van der Waals surface area contributed by atoms with E-state index >= 15 is 0 Å². The van der Waals surface area contributed by atoms with E-state index in [9.17, 15) is 14.3 Å². The van der Waals surface area contributed by atoms with Gasteiger partial charge in [-0.1, -0.05) is 60.7 Å². The van der Waals surface area contributed by atoms with Gasteiger partial charge in [-0.05, 0) is 53.6 Å². The highest BCUT2D eigenvalue weighted by Crippen LogP contribution is 2.39. The van der Waals surface area contributed by atoms with E-state index in [0.717, 1.165) is 36.0 Å². The third kappa shape index (κ3) is 2.93. The Labute approximate surface area is 185 Å². The number of benzene rings is 3. The zero-order valence-corrected chi connectivity index (χ0v) is 17.3. The molecule has 2 aliphatic carbocycles. The first-order valence-electron chi connectivity index (χ1n) is 10.9. The molecule has 2 atom stereocenters. The molecule has 0 aromatic heterocycles. The maximum atomic E-state index is 14.4. The Hall–Kier alpha value is -3.57. The number of anilines is 1. The number of halogens is 1. The molecule has 1 N–H and O–H groups in total. The molecule has 0 saturated carbocycles. The Morgan fingerprint density at radius 1 is 1.03 bits per heavy atom.